The zero-order valence-corrected chi connectivity index (χ0v) is 20.1. The fourth-order valence-electron chi connectivity index (χ4n) is 4.37. The van der Waals surface area contributed by atoms with Crippen LogP contribution in [0.5, 0.6) is 5.75 Å². The maximum Gasteiger partial charge on any atom is 0.162 e. The third-order valence-electron chi connectivity index (χ3n) is 6.16. The first-order valence-corrected chi connectivity index (χ1v) is 11.9. The normalized spacial score (nSPS) is 13.6. The van der Waals surface area contributed by atoms with Crippen molar-refractivity contribution in [2.24, 2.45) is 0 Å². The zero-order valence-electron chi connectivity index (χ0n) is 20.1. The Morgan fingerprint density at radius 1 is 1.05 bits per heavy atom. The van der Waals surface area contributed by atoms with Crippen LogP contribution in [0.1, 0.15) is 0 Å². The van der Waals surface area contributed by atoms with E-state index < -0.39 is 0 Å². The number of ether oxygens (including phenoxy) is 1. The van der Waals surface area contributed by atoms with Crippen molar-refractivity contribution in [1.82, 2.24) is 35.0 Å². The molecule has 1 aliphatic rings. The number of pyridine rings is 2. The molecule has 0 atom stereocenters. The topological polar surface area (TPSA) is 106 Å². The molecule has 11 heteroatoms. The minimum Gasteiger partial charge on any atom is -0.494 e. The number of nitrogens with one attached hydrogen (secondary N) is 2. The van der Waals surface area contributed by atoms with Crippen LogP contribution in [0.25, 0.3) is 28.0 Å². The molecule has 5 aromatic rings. The summed E-state index contributed by atoms with van der Waals surface area (Å²) in [5.41, 5.74) is 2.53. The van der Waals surface area contributed by atoms with Gasteiger partial charge >= 0.3 is 0 Å². The Hall–Kier alpha value is -4.64. The Labute approximate surface area is 212 Å². The van der Waals surface area contributed by atoms with Crippen molar-refractivity contribution < 1.29 is 9.13 Å². The van der Waals surface area contributed by atoms with Gasteiger partial charge in [0, 0.05) is 37.9 Å². The molecule has 0 bridgehead atoms. The number of methoxy groups -OCH3 is 1. The van der Waals surface area contributed by atoms with E-state index in [0.29, 0.717) is 34.3 Å². The number of anilines is 3. The molecule has 37 heavy (non-hydrogen) atoms. The highest BCUT2D eigenvalue weighted by Gasteiger charge is 2.21. The van der Waals surface area contributed by atoms with Gasteiger partial charge in [-0.1, -0.05) is 12.1 Å². The highest BCUT2D eigenvalue weighted by atomic mass is 19.1. The summed E-state index contributed by atoms with van der Waals surface area (Å²) in [5.74, 6) is 2.25. The third-order valence-corrected chi connectivity index (χ3v) is 6.16. The summed E-state index contributed by atoms with van der Waals surface area (Å²) in [4.78, 5) is 20.7. The van der Waals surface area contributed by atoms with Gasteiger partial charge in [-0.05, 0) is 24.3 Å². The molecule has 0 aliphatic carbocycles. The molecule has 1 fully saturated rings. The van der Waals surface area contributed by atoms with E-state index in [9.17, 15) is 4.39 Å². The first-order valence-electron chi connectivity index (χ1n) is 11.9. The molecule has 0 amide bonds. The van der Waals surface area contributed by atoms with Crippen LogP contribution >= 0.6 is 0 Å². The summed E-state index contributed by atoms with van der Waals surface area (Å²) >= 11 is 0. The zero-order chi connectivity index (χ0) is 25.2. The number of nitrogens with zero attached hydrogens (tertiary/aromatic N) is 7. The van der Waals surface area contributed by atoms with Crippen molar-refractivity contribution in [3.63, 3.8) is 0 Å². The molecule has 6 rings (SSSR count). The smallest absolute Gasteiger partial charge is 0.162 e. The quantitative estimate of drug-likeness (QED) is 0.364. The van der Waals surface area contributed by atoms with Crippen LogP contribution < -0.4 is 20.3 Å². The maximum absolute atomic E-state index is 14.2. The third kappa shape index (κ3) is 4.52. The summed E-state index contributed by atoms with van der Waals surface area (Å²) in [7, 11) is 1.63. The van der Waals surface area contributed by atoms with Gasteiger partial charge in [0.15, 0.2) is 5.82 Å². The second-order valence-electron chi connectivity index (χ2n) is 8.52. The van der Waals surface area contributed by atoms with Crippen molar-refractivity contribution in [3.05, 3.63) is 73.2 Å². The lowest BCUT2D eigenvalue weighted by Gasteiger charge is -2.29. The average molecular weight is 498 g/mol. The molecule has 5 heterocycles. The molecule has 10 nitrogen and oxygen atoms in total. The summed E-state index contributed by atoms with van der Waals surface area (Å²) in [6.07, 6.45) is 8.44. The number of aromatic nitrogens is 6. The summed E-state index contributed by atoms with van der Waals surface area (Å²) in [6, 6.07) is 10.2. The van der Waals surface area contributed by atoms with E-state index in [1.165, 1.54) is 10.7 Å². The lowest BCUT2D eigenvalue weighted by molar-refractivity contribution is 0.418. The number of hydrogen-bond donors (Lipinski definition) is 2. The Balaban J connectivity index is 1.35. The van der Waals surface area contributed by atoms with Crippen LogP contribution in [0.4, 0.5) is 21.7 Å². The highest BCUT2D eigenvalue weighted by molar-refractivity contribution is 5.95. The predicted octanol–water partition coefficient (Wildman–Crippen LogP) is 3.57. The number of fused-ring (bicyclic) bond motifs is 1. The molecule has 1 aliphatic heterocycles. The summed E-state index contributed by atoms with van der Waals surface area (Å²) < 4.78 is 21.2. The van der Waals surface area contributed by atoms with Crippen LogP contribution in [0.15, 0.2) is 67.4 Å². The molecule has 186 valence electrons. The summed E-state index contributed by atoms with van der Waals surface area (Å²) in [5, 5.41) is 11.7. The number of halogens is 1. The van der Waals surface area contributed by atoms with Crippen LogP contribution in [-0.4, -0.2) is 63.0 Å². The fraction of sp³-hybridized carbons (Fsp3) is 0.192. The highest BCUT2D eigenvalue weighted by Crippen LogP contribution is 2.34. The predicted molar refractivity (Wildman–Crippen MR) is 139 cm³/mol. The van der Waals surface area contributed by atoms with E-state index in [1.54, 1.807) is 56.3 Å². The summed E-state index contributed by atoms with van der Waals surface area (Å²) in [6.45, 7) is 3.40. The molecule has 0 unspecified atom stereocenters. The SMILES string of the molecule is COc1cncc2nc(-c3ccnc(Nc4cnn(-c5ccccc5F)c4)c3)nc(N3CCNCC3)c12. The molecular weight excluding hydrogens is 473 g/mol. The van der Waals surface area contributed by atoms with Gasteiger partial charge < -0.3 is 20.3 Å². The molecule has 0 saturated carbocycles. The number of benzene rings is 1. The number of piperazine rings is 1. The van der Waals surface area contributed by atoms with E-state index in [1.807, 2.05) is 12.1 Å². The molecule has 2 N–H and O–H groups in total. The van der Waals surface area contributed by atoms with Crippen LogP contribution in [0, 0.1) is 5.82 Å². The second kappa shape index (κ2) is 9.78. The monoisotopic (exact) mass is 497 g/mol. The van der Waals surface area contributed by atoms with E-state index in [4.69, 9.17) is 14.7 Å². The van der Waals surface area contributed by atoms with Crippen LogP contribution in [0.3, 0.4) is 0 Å². The maximum atomic E-state index is 14.2. The standard InChI is InChI=1S/C26H24FN9O/c1-37-22-15-29-14-20-24(22)26(35-10-8-28-9-11-35)34-25(33-20)17-6-7-30-23(12-17)32-18-13-31-36(16-18)21-5-3-2-4-19(21)27/h2-7,12-16,28H,8-11H2,1H3,(H,30,32). The van der Waals surface area contributed by atoms with Crippen molar-refractivity contribution in [2.45, 2.75) is 0 Å². The van der Waals surface area contributed by atoms with E-state index in [0.717, 1.165) is 42.9 Å². The number of hydrogen-bond acceptors (Lipinski definition) is 9. The minimum atomic E-state index is -0.350. The van der Waals surface area contributed by atoms with E-state index >= 15 is 0 Å². The Morgan fingerprint density at radius 3 is 2.76 bits per heavy atom. The first-order chi connectivity index (χ1) is 18.2. The largest absolute Gasteiger partial charge is 0.494 e. The van der Waals surface area contributed by atoms with E-state index in [2.05, 4.69) is 30.6 Å². The number of para-hydroxylation sites is 1. The van der Waals surface area contributed by atoms with Gasteiger partial charge in [0.1, 0.15) is 28.9 Å². The molecule has 4 aromatic heterocycles. The molecule has 1 saturated heterocycles. The first kappa shape index (κ1) is 22.8. The molecular formula is C26H24FN9O. The van der Waals surface area contributed by atoms with Crippen molar-refractivity contribution in [3.8, 4) is 22.8 Å². The van der Waals surface area contributed by atoms with Crippen molar-refractivity contribution >= 4 is 28.2 Å². The van der Waals surface area contributed by atoms with E-state index in [-0.39, 0.29) is 5.82 Å². The Morgan fingerprint density at radius 2 is 1.92 bits per heavy atom. The molecule has 0 radical (unpaired) electrons. The second-order valence-corrected chi connectivity index (χ2v) is 8.52. The van der Waals surface area contributed by atoms with Gasteiger partial charge in [-0.2, -0.15) is 5.10 Å². The average Bonchev–Trinajstić information content (AvgIpc) is 3.41. The van der Waals surface area contributed by atoms with Crippen LogP contribution in [0.2, 0.25) is 0 Å². The Bertz CT molecular complexity index is 1570. The van der Waals surface area contributed by atoms with Crippen molar-refractivity contribution in [2.75, 3.05) is 43.5 Å². The van der Waals surface area contributed by atoms with Gasteiger partial charge in [0.25, 0.3) is 0 Å². The fourth-order valence-corrected chi connectivity index (χ4v) is 4.37. The van der Waals surface area contributed by atoms with Crippen LogP contribution in [-0.2, 0) is 0 Å². The van der Waals surface area contributed by atoms with Crippen molar-refractivity contribution in [1.29, 1.82) is 0 Å². The van der Waals surface area contributed by atoms with Gasteiger partial charge in [-0.3, -0.25) is 4.98 Å². The minimum absolute atomic E-state index is 0.350. The van der Waals surface area contributed by atoms with Gasteiger partial charge in [0.05, 0.1) is 48.5 Å². The van der Waals surface area contributed by atoms with Gasteiger partial charge in [-0.25, -0.2) is 24.0 Å². The lowest BCUT2D eigenvalue weighted by Crippen LogP contribution is -2.44. The van der Waals surface area contributed by atoms with Gasteiger partial charge in [-0.15, -0.1) is 0 Å². The number of rotatable bonds is 6. The Kier molecular flexibility index (Phi) is 6.03. The van der Waals surface area contributed by atoms with Gasteiger partial charge in [0.2, 0.25) is 0 Å². The molecule has 0 spiro atoms. The lowest BCUT2D eigenvalue weighted by atomic mass is 10.2. The molecule has 1 aromatic carbocycles.